The molecule has 124 valence electrons. The van der Waals surface area contributed by atoms with Crippen molar-refractivity contribution in [1.29, 1.82) is 0 Å². The van der Waals surface area contributed by atoms with E-state index in [0.717, 1.165) is 22.7 Å². The van der Waals surface area contributed by atoms with E-state index in [1.54, 1.807) is 0 Å². The molecular weight excluding hydrogens is 341 g/mol. The van der Waals surface area contributed by atoms with Gasteiger partial charge < -0.3 is 5.32 Å². The largest absolute Gasteiger partial charge is 0.367 e. The zero-order valence-electron chi connectivity index (χ0n) is 13.3. The van der Waals surface area contributed by atoms with Gasteiger partial charge in [-0.2, -0.15) is 0 Å². The Kier molecular flexibility index (Phi) is 4.38. The second-order valence-corrected chi connectivity index (χ2v) is 7.18. The Hall–Kier alpha value is -1.71. The first-order chi connectivity index (χ1) is 11.7. The van der Waals surface area contributed by atoms with Crippen LogP contribution in [0.25, 0.3) is 16.9 Å². The van der Waals surface area contributed by atoms with Crippen LogP contribution in [0.5, 0.6) is 0 Å². The van der Waals surface area contributed by atoms with Crippen molar-refractivity contribution in [3.8, 4) is 11.3 Å². The Labute approximate surface area is 151 Å². The zero-order chi connectivity index (χ0) is 16.5. The van der Waals surface area contributed by atoms with Gasteiger partial charge in [-0.1, -0.05) is 60.7 Å². The molecule has 1 aliphatic carbocycles. The van der Waals surface area contributed by atoms with Crippen molar-refractivity contribution >= 4 is 34.7 Å². The average molecular weight is 360 g/mol. The summed E-state index contributed by atoms with van der Waals surface area (Å²) in [4.78, 5) is 4.80. The molecule has 3 nitrogen and oxygen atoms in total. The third-order valence-electron chi connectivity index (χ3n) is 4.66. The molecule has 0 radical (unpaired) electrons. The molecule has 0 atom stereocenters. The topological polar surface area (TPSA) is 29.3 Å². The predicted molar refractivity (Wildman–Crippen MR) is 101 cm³/mol. The minimum atomic E-state index is 0.482. The Bertz CT molecular complexity index is 866. The molecule has 0 unspecified atom stereocenters. The molecule has 5 heteroatoms. The second-order valence-electron chi connectivity index (χ2n) is 6.34. The van der Waals surface area contributed by atoms with Crippen molar-refractivity contribution in [2.75, 3.05) is 5.32 Å². The fourth-order valence-corrected chi connectivity index (χ4v) is 3.82. The Balaban J connectivity index is 1.85. The van der Waals surface area contributed by atoms with E-state index in [4.69, 9.17) is 28.2 Å². The van der Waals surface area contributed by atoms with Crippen LogP contribution in [0.15, 0.2) is 42.6 Å². The summed E-state index contributed by atoms with van der Waals surface area (Å²) in [7, 11) is 0. The number of pyridine rings is 1. The molecule has 1 fully saturated rings. The molecule has 3 aromatic rings. The highest BCUT2D eigenvalue weighted by molar-refractivity contribution is 6.33. The van der Waals surface area contributed by atoms with Gasteiger partial charge in [-0.25, -0.2) is 4.98 Å². The molecule has 2 heterocycles. The normalized spacial score (nSPS) is 15.8. The molecule has 4 rings (SSSR count). The smallest absolute Gasteiger partial charge is 0.140 e. The van der Waals surface area contributed by atoms with Gasteiger partial charge in [0.25, 0.3) is 0 Å². The highest BCUT2D eigenvalue weighted by Gasteiger charge is 2.20. The van der Waals surface area contributed by atoms with Crippen molar-refractivity contribution < 1.29 is 0 Å². The summed E-state index contributed by atoms with van der Waals surface area (Å²) in [6.45, 7) is 0. The van der Waals surface area contributed by atoms with Gasteiger partial charge in [-0.05, 0) is 25.0 Å². The molecule has 1 aromatic carbocycles. The van der Waals surface area contributed by atoms with Gasteiger partial charge in [0.1, 0.15) is 17.2 Å². The highest BCUT2D eigenvalue weighted by atomic mass is 35.5. The molecule has 0 saturated heterocycles. The summed E-state index contributed by atoms with van der Waals surface area (Å²) >= 11 is 12.6. The van der Waals surface area contributed by atoms with Gasteiger partial charge in [-0.3, -0.25) is 4.40 Å². The molecule has 0 bridgehead atoms. The van der Waals surface area contributed by atoms with Crippen molar-refractivity contribution in [3.63, 3.8) is 0 Å². The van der Waals surface area contributed by atoms with Crippen molar-refractivity contribution in [2.45, 2.75) is 38.1 Å². The van der Waals surface area contributed by atoms with E-state index in [1.165, 1.54) is 32.1 Å². The molecular formula is C19H19Cl2N3. The first kappa shape index (κ1) is 15.8. The van der Waals surface area contributed by atoms with Crippen LogP contribution in [0, 0.1) is 0 Å². The third-order valence-corrected chi connectivity index (χ3v) is 5.23. The maximum Gasteiger partial charge on any atom is 0.140 e. The second kappa shape index (κ2) is 6.66. The maximum atomic E-state index is 6.43. The zero-order valence-corrected chi connectivity index (χ0v) is 14.8. The van der Waals surface area contributed by atoms with E-state index in [1.807, 2.05) is 42.6 Å². The van der Waals surface area contributed by atoms with Gasteiger partial charge in [-0.15, -0.1) is 0 Å². The first-order valence-corrected chi connectivity index (χ1v) is 9.17. The van der Waals surface area contributed by atoms with E-state index in [9.17, 15) is 0 Å². The van der Waals surface area contributed by atoms with Crippen LogP contribution < -0.4 is 5.32 Å². The van der Waals surface area contributed by atoms with Crippen LogP contribution in [0.1, 0.15) is 32.1 Å². The van der Waals surface area contributed by atoms with Crippen molar-refractivity contribution in [2.24, 2.45) is 0 Å². The number of imidazole rings is 1. The number of rotatable bonds is 3. The lowest BCUT2D eigenvalue weighted by molar-refractivity contribution is 0.462. The minimum Gasteiger partial charge on any atom is -0.367 e. The van der Waals surface area contributed by atoms with Crippen LogP contribution in [-0.2, 0) is 0 Å². The number of halogens is 2. The summed E-state index contributed by atoms with van der Waals surface area (Å²) in [6, 6.07) is 12.1. The Morgan fingerprint density at radius 1 is 1.04 bits per heavy atom. The Morgan fingerprint density at radius 2 is 1.83 bits per heavy atom. The standard InChI is InChI=1S/C19H19Cl2N3/c20-13-10-11-24-17(12-13)23-18(15-8-4-5-9-16(15)21)19(24)22-14-6-2-1-3-7-14/h4-5,8-12,14,22H,1-3,6-7H2. The van der Waals surface area contributed by atoms with Crippen molar-refractivity contribution in [3.05, 3.63) is 52.6 Å². The first-order valence-electron chi connectivity index (χ1n) is 8.41. The van der Waals surface area contributed by atoms with Crippen LogP contribution >= 0.6 is 23.2 Å². The number of hydrogen-bond donors (Lipinski definition) is 1. The number of nitrogens with zero attached hydrogens (tertiary/aromatic N) is 2. The number of anilines is 1. The SMILES string of the molecule is Clc1ccn2c(NC3CCCCC3)c(-c3ccccc3Cl)nc2c1. The van der Waals surface area contributed by atoms with E-state index in [2.05, 4.69) is 9.72 Å². The average Bonchev–Trinajstić information content (AvgIpc) is 2.93. The fourth-order valence-electron chi connectivity index (χ4n) is 3.44. The van der Waals surface area contributed by atoms with E-state index >= 15 is 0 Å². The van der Waals surface area contributed by atoms with Crippen LogP contribution in [0.3, 0.4) is 0 Å². The number of aromatic nitrogens is 2. The van der Waals surface area contributed by atoms with Gasteiger partial charge in [0.15, 0.2) is 0 Å². The molecule has 2 aromatic heterocycles. The van der Waals surface area contributed by atoms with Crippen molar-refractivity contribution in [1.82, 2.24) is 9.38 Å². The molecule has 1 aliphatic rings. The summed E-state index contributed by atoms with van der Waals surface area (Å²) in [5, 5.41) is 5.11. The summed E-state index contributed by atoms with van der Waals surface area (Å²) < 4.78 is 2.07. The quantitative estimate of drug-likeness (QED) is 0.616. The molecule has 24 heavy (non-hydrogen) atoms. The van der Waals surface area contributed by atoms with Crippen LogP contribution in [0.2, 0.25) is 10.0 Å². The van der Waals surface area contributed by atoms with Gasteiger partial charge in [0.2, 0.25) is 0 Å². The van der Waals surface area contributed by atoms with E-state index in [0.29, 0.717) is 16.1 Å². The lowest BCUT2D eigenvalue weighted by Gasteiger charge is -2.24. The van der Waals surface area contributed by atoms with Gasteiger partial charge in [0.05, 0.1) is 5.02 Å². The summed E-state index contributed by atoms with van der Waals surface area (Å²) in [5.74, 6) is 1.00. The monoisotopic (exact) mass is 359 g/mol. The molecule has 0 spiro atoms. The Morgan fingerprint density at radius 3 is 2.62 bits per heavy atom. The number of fused-ring (bicyclic) bond motifs is 1. The number of hydrogen-bond acceptors (Lipinski definition) is 2. The van der Waals surface area contributed by atoms with Crippen LogP contribution in [-0.4, -0.2) is 15.4 Å². The molecule has 1 N–H and O–H groups in total. The minimum absolute atomic E-state index is 0.482. The molecule has 1 saturated carbocycles. The summed E-state index contributed by atoms with van der Waals surface area (Å²) in [5.41, 5.74) is 2.65. The number of benzene rings is 1. The maximum absolute atomic E-state index is 6.43. The third kappa shape index (κ3) is 2.99. The highest BCUT2D eigenvalue weighted by Crippen LogP contribution is 2.35. The fraction of sp³-hybridized carbons (Fsp3) is 0.316. The molecule has 0 aliphatic heterocycles. The molecule has 0 amide bonds. The summed E-state index contributed by atoms with van der Waals surface area (Å²) in [6.07, 6.45) is 8.25. The van der Waals surface area contributed by atoms with Gasteiger partial charge >= 0.3 is 0 Å². The van der Waals surface area contributed by atoms with Gasteiger partial charge in [0, 0.05) is 28.9 Å². The lowest BCUT2D eigenvalue weighted by atomic mass is 9.95. The van der Waals surface area contributed by atoms with E-state index < -0.39 is 0 Å². The predicted octanol–water partition coefficient (Wildman–Crippen LogP) is 6.05. The van der Waals surface area contributed by atoms with E-state index in [-0.39, 0.29) is 0 Å². The number of nitrogens with one attached hydrogen (secondary N) is 1. The van der Waals surface area contributed by atoms with Crippen LogP contribution in [0.4, 0.5) is 5.82 Å². The lowest BCUT2D eigenvalue weighted by Crippen LogP contribution is -2.23.